The lowest BCUT2D eigenvalue weighted by Gasteiger charge is -2.24. The van der Waals surface area contributed by atoms with Gasteiger partial charge >= 0.3 is 5.97 Å². The topological polar surface area (TPSA) is 74.6 Å². The molecule has 0 amide bonds. The lowest BCUT2D eigenvalue weighted by atomic mass is 10.1. The quantitative estimate of drug-likeness (QED) is 0.765. The summed E-state index contributed by atoms with van der Waals surface area (Å²) in [7, 11) is 0. The normalized spacial score (nSPS) is 23.6. The largest absolute Gasteiger partial charge is 0.477 e. The van der Waals surface area contributed by atoms with Gasteiger partial charge in [-0.2, -0.15) is 0 Å². The number of fused-ring (bicyclic) bond motifs is 1. The second kappa shape index (κ2) is 6.02. The molecular weight excluding hydrogens is 392 g/mol. The summed E-state index contributed by atoms with van der Waals surface area (Å²) in [5.74, 6) is -2.13. The first-order chi connectivity index (χ1) is 13.4. The van der Waals surface area contributed by atoms with Crippen LogP contribution in [0.5, 0.6) is 0 Å². The van der Waals surface area contributed by atoms with Gasteiger partial charge in [0.15, 0.2) is 0 Å². The highest BCUT2D eigenvalue weighted by molar-refractivity contribution is 6.38. The van der Waals surface area contributed by atoms with Crippen LogP contribution in [0.3, 0.4) is 0 Å². The zero-order valence-electron chi connectivity index (χ0n) is 14.6. The van der Waals surface area contributed by atoms with Crippen molar-refractivity contribution in [3.05, 3.63) is 50.0 Å². The van der Waals surface area contributed by atoms with Gasteiger partial charge in [-0.25, -0.2) is 13.6 Å². The number of rotatable bonds is 3. The number of carboxylic acid groups (broad SMARTS) is 1. The van der Waals surface area contributed by atoms with Gasteiger partial charge in [0.05, 0.1) is 27.7 Å². The molecule has 1 fully saturated rings. The van der Waals surface area contributed by atoms with Crippen LogP contribution in [0.15, 0.2) is 28.2 Å². The summed E-state index contributed by atoms with van der Waals surface area (Å²) in [6.07, 6.45) is 0.169. The van der Waals surface area contributed by atoms with E-state index in [1.165, 1.54) is 15.7 Å². The van der Waals surface area contributed by atoms with Crippen LogP contribution in [0.25, 0.3) is 10.9 Å². The van der Waals surface area contributed by atoms with E-state index in [0.29, 0.717) is 13.1 Å². The molecule has 0 radical (unpaired) electrons. The van der Waals surface area contributed by atoms with Crippen molar-refractivity contribution in [2.75, 3.05) is 31.1 Å². The minimum atomic E-state index is -1.44. The lowest BCUT2D eigenvalue weighted by molar-refractivity contribution is 0.0694. The number of pyridine rings is 1. The number of hydrogen-bond donors (Lipinski definition) is 2. The van der Waals surface area contributed by atoms with Crippen LogP contribution < -0.4 is 15.6 Å². The molecule has 1 aliphatic carbocycles. The Morgan fingerprint density at radius 1 is 1.29 bits per heavy atom. The predicted octanol–water partition coefficient (Wildman–Crippen LogP) is 2.49. The smallest absolute Gasteiger partial charge is 0.341 e. The molecule has 1 aromatic carbocycles. The highest BCUT2D eigenvalue weighted by Crippen LogP contribution is 2.44. The molecule has 2 N–H and O–H groups in total. The van der Waals surface area contributed by atoms with E-state index in [-0.39, 0.29) is 28.0 Å². The summed E-state index contributed by atoms with van der Waals surface area (Å²) in [6.45, 7) is 2.54. The van der Waals surface area contributed by atoms with Gasteiger partial charge in [-0.15, -0.1) is 0 Å². The van der Waals surface area contributed by atoms with Crippen LogP contribution in [-0.4, -0.2) is 48.0 Å². The molecule has 28 heavy (non-hydrogen) atoms. The number of carbonyl (C=O) groups is 1. The SMILES string of the molecule is O=C(O)c1cn(C2CC2F)c2c(Cl)c(N3CC4=C(CNC4)C3)c(F)cc2c1=O. The summed E-state index contributed by atoms with van der Waals surface area (Å²) in [6, 6.07) is 0.418. The third-order valence-electron chi connectivity index (χ3n) is 5.71. The van der Waals surface area contributed by atoms with E-state index in [0.717, 1.165) is 25.4 Å². The summed E-state index contributed by atoms with van der Waals surface area (Å²) < 4.78 is 30.2. The molecule has 0 saturated heterocycles. The van der Waals surface area contributed by atoms with Gasteiger partial charge in [0.25, 0.3) is 0 Å². The first-order valence-electron chi connectivity index (χ1n) is 8.96. The fraction of sp³-hybridized carbons (Fsp3) is 0.368. The van der Waals surface area contributed by atoms with Crippen molar-refractivity contribution in [3.63, 3.8) is 0 Å². The monoisotopic (exact) mass is 407 g/mol. The fourth-order valence-corrected chi connectivity index (χ4v) is 4.61. The number of nitrogens with zero attached hydrogens (tertiary/aromatic N) is 2. The van der Waals surface area contributed by atoms with Crippen LogP contribution in [0.4, 0.5) is 14.5 Å². The zero-order chi connectivity index (χ0) is 19.7. The van der Waals surface area contributed by atoms with E-state index in [1.807, 2.05) is 4.90 Å². The molecule has 2 aromatic rings. The lowest BCUT2D eigenvalue weighted by Crippen LogP contribution is -2.28. The van der Waals surface area contributed by atoms with Crippen LogP contribution in [0.2, 0.25) is 5.02 Å². The Morgan fingerprint density at radius 2 is 1.93 bits per heavy atom. The number of alkyl halides is 1. The van der Waals surface area contributed by atoms with Gasteiger partial charge in [-0.1, -0.05) is 11.6 Å². The number of carboxylic acids is 1. The second-order valence-corrected chi connectivity index (χ2v) is 7.87. The van der Waals surface area contributed by atoms with Crippen molar-refractivity contribution < 1.29 is 18.7 Å². The molecule has 2 aliphatic heterocycles. The highest BCUT2D eigenvalue weighted by atomic mass is 35.5. The summed E-state index contributed by atoms with van der Waals surface area (Å²) in [5.41, 5.74) is 1.38. The first kappa shape index (κ1) is 17.6. The van der Waals surface area contributed by atoms with Crippen LogP contribution in [0.1, 0.15) is 22.8 Å². The predicted molar refractivity (Wildman–Crippen MR) is 101 cm³/mol. The Kier molecular flexibility index (Phi) is 3.79. The van der Waals surface area contributed by atoms with E-state index >= 15 is 4.39 Å². The average molecular weight is 408 g/mol. The average Bonchev–Trinajstić information content (AvgIpc) is 3.00. The Hall–Kier alpha value is -2.45. The molecule has 2 atom stereocenters. The van der Waals surface area contributed by atoms with Gasteiger partial charge < -0.3 is 19.9 Å². The number of hydrogen-bond acceptors (Lipinski definition) is 4. The van der Waals surface area contributed by atoms with E-state index in [1.54, 1.807) is 0 Å². The number of aromatic carboxylic acids is 1. The highest BCUT2D eigenvalue weighted by Gasteiger charge is 2.41. The maximum Gasteiger partial charge on any atom is 0.341 e. The van der Waals surface area contributed by atoms with Gasteiger partial charge in [-0.05, 0) is 17.2 Å². The van der Waals surface area contributed by atoms with Gasteiger partial charge in [0.1, 0.15) is 17.6 Å². The van der Waals surface area contributed by atoms with Crippen molar-refractivity contribution in [1.82, 2.24) is 9.88 Å². The standard InChI is InChI=1S/C19H16ClF2N3O3/c20-15-16-10(18(26)11(19(27)28)7-25(16)14-2-12(14)21)1-13(22)17(15)24-5-8-3-23-4-9(8)6-24/h1,7,12,14,23H,2-6H2,(H,27,28). The van der Waals surface area contributed by atoms with Crippen LogP contribution >= 0.6 is 11.6 Å². The van der Waals surface area contributed by atoms with E-state index in [4.69, 9.17) is 11.6 Å². The molecule has 2 unspecified atom stereocenters. The van der Waals surface area contributed by atoms with Crippen LogP contribution in [-0.2, 0) is 0 Å². The number of benzene rings is 1. The summed E-state index contributed by atoms with van der Waals surface area (Å²) >= 11 is 6.57. The fourth-order valence-electron chi connectivity index (χ4n) is 4.20. The molecule has 5 rings (SSSR count). The molecule has 3 heterocycles. The number of aromatic nitrogens is 1. The van der Waals surface area contributed by atoms with E-state index in [9.17, 15) is 19.1 Å². The Labute approximate surface area is 163 Å². The third kappa shape index (κ3) is 2.48. The molecule has 9 heteroatoms. The van der Waals surface area contributed by atoms with Crippen molar-refractivity contribution in [2.45, 2.75) is 18.6 Å². The molecule has 0 bridgehead atoms. The third-order valence-corrected chi connectivity index (χ3v) is 6.07. The van der Waals surface area contributed by atoms with Gasteiger partial charge in [-0.3, -0.25) is 4.79 Å². The molecule has 1 saturated carbocycles. The van der Waals surface area contributed by atoms with Crippen molar-refractivity contribution in [2.24, 2.45) is 0 Å². The molecule has 3 aliphatic rings. The van der Waals surface area contributed by atoms with E-state index in [2.05, 4.69) is 5.32 Å². The number of halogens is 3. The maximum absolute atomic E-state index is 15.0. The zero-order valence-corrected chi connectivity index (χ0v) is 15.4. The molecule has 0 spiro atoms. The molecule has 6 nitrogen and oxygen atoms in total. The van der Waals surface area contributed by atoms with Crippen molar-refractivity contribution >= 4 is 34.2 Å². The minimum absolute atomic E-state index is 0.0114. The molecular formula is C19H16ClF2N3O3. The molecule has 146 valence electrons. The molecule has 1 aromatic heterocycles. The van der Waals surface area contributed by atoms with Crippen molar-refractivity contribution in [1.29, 1.82) is 0 Å². The van der Waals surface area contributed by atoms with Crippen LogP contribution in [0, 0.1) is 5.82 Å². The second-order valence-electron chi connectivity index (χ2n) is 7.49. The Bertz CT molecular complexity index is 1130. The Balaban J connectivity index is 1.73. The minimum Gasteiger partial charge on any atom is -0.477 e. The first-order valence-corrected chi connectivity index (χ1v) is 9.34. The maximum atomic E-state index is 15.0. The van der Waals surface area contributed by atoms with Gasteiger partial charge in [0, 0.05) is 38.8 Å². The van der Waals surface area contributed by atoms with Crippen molar-refractivity contribution in [3.8, 4) is 0 Å². The Morgan fingerprint density at radius 3 is 2.50 bits per heavy atom. The van der Waals surface area contributed by atoms with E-state index < -0.39 is 35.0 Å². The number of nitrogens with one attached hydrogen (secondary N) is 1. The summed E-state index contributed by atoms with van der Waals surface area (Å²) in [5, 5.41) is 12.4. The van der Waals surface area contributed by atoms with Gasteiger partial charge in [0.2, 0.25) is 5.43 Å². The number of anilines is 1. The summed E-state index contributed by atoms with van der Waals surface area (Å²) in [4.78, 5) is 25.9.